The molecule has 1 aromatic heterocycles. The number of hydrogen-bond donors (Lipinski definition) is 2. The molecule has 0 bridgehead atoms. The van der Waals surface area contributed by atoms with Gasteiger partial charge in [0.2, 0.25) is 0 Å². The van der Waals surface area contributed by atoms with Gasteiger partial charge in [0.25, 0.3) is 11.8 Å². The summed E-state index contributed by atoms with van der Waals surface area (Å²) in [6.45, 7) is 4.30. The minimum atomic E-state index is -0.295. The average molecular weight is 429 g/mol. The first-order valence-corrected chi connectivity index (χ1v) is 9.62. The number of benzene rings is 2. The van der Waals surface area contributed by atoms with Gasteiger partial charge in [0.05, 0.1) is 0 Å². The lowest BCUT2D eigenvalue weighted by atomic mass is 10.1. The summed E-state index contributed by atoms with van der Waals surface area (Å²) >= 11 is 3.40. The van der Waals surface area contributed by atoms with E-state index in [0.29, 0.717) is 17.7 Å². The molecule has 0 aliphatic heterocycles. The van der Waals surface area contributed by atoms with Gasteiger partial charge in [0, 0.05) is 28.0 Å². The molecule has 0 radical (unpaired) electrons. The Morgan fingerprint density at radius 1 is 1.11 bits per heavy atom. The van der Waals surface area contributed by atoms with Crippen molar-refractivity contribution in [2.24, 2.45) is 0 Å². The van der Waals surface area contributed by atoms with Gasteiger partial charge in [-0.15, -0.1) is 0 Å². The zero-order valence-electron chi connectivity index (χ0n) is 15.2. The molecule has 1 heterocycles. The zero-order valence-corrected chi connectivity index (χ0v) is 16.8. The number of rotatable bonds is 6. The van der Waals surface area contributed by atoms with E-state index in [4.69, 9.17) is 4.42 Å². The average Bonchev–Trinajstić information content (AvgIpc) is 3.09. The van der Waals surface area contributed by atoms with E-state index in [2.05, 4.69) is 26.6 Å². The van der Waals surface area contributed by atoms with Crippen LogP contribution in [0.3, 0.4) is 0 Å². The van der Waals surface area contributed by atoms with Gasteiger partial charge in [-0.05, 0) is 55.3 Å². The minimum Gasteiger partial charge on any atom is -0.451 e. The van der Waals surface area contributed by atoms with Gasteiger partial charge in [-0.25, -0.2) is 0 Å². The molecule has 0 saturated carbocycles. The molecule has 1 unspecified atom stereocenters. The molecule has 5 nitrogen and oxygen atoms in total. The number of furan rings is 1. The normalized spacial score (nSPS) is 12.0. The molecule has 2 aromatic carbocycles. The number of hydrogen-bond acceptors (Lipinski definition) is 3. The number of nitrogens with one attached hydrogen (secondary N) is 2. The van der Waals surface area contributed by atoms with Crippen molar-refractivity contribution in [2.45, 2.75) is 32.9 Å². The van der Waals surface area contributed by atoms with Crippen LogP contribution in [0.4, 0.5) is 0 Å². The van der Waals surface area contributed by atoms with E-state index < -0.39 is 0 Å². The van der Waals surface area contributed by atoms with Crippen LogP contribution in [0.1, 0.15) is 46.7 Å². The fraction of sp³-hybridized carbons (Fsp3) is 0.238. The summed E-state index contributed by atoms with van der Waals surface area (Å²) in [7, 11) is 0. The lowest BCUT2D eigenvalue weighted by Crippen LogP contribution is -2.32. The van der Waals surface area contributed by atoms with Crippen molar-refractivity contribution in [3.05, 3.63) is 69.9 Å². The Bertz CT molecular complexity index is 980. The van der Waals surface area contributed by atoms with Crippen molar-refractivity contribution in [3.63, 3.8) is 0 Å². The smallest absolute Gasteiger partial charge is 0.287 e. The second-order valence-electron chi connectivity index (χ2n) is 6.46. The van der Waals surface area contributed by atoms with Gasteiger partial charge < -0.3 is 15.1 Å². The minimum absolute atomic E-state index is 0.111. The molecule has 0 fully saturated rings. The summed E-state index contributed by atoms with van der Waals surface area (Å²) in [5.41, 5.74) is 2.08. The third-order valence-corrected chi connectivity index (χ3v) is 4.83. The Kier molecular flexibility index (Phi) is 5.96. The fourth-order valence-corrected chi connectivity index (χ4v) is 3.01. The summed E-state index contributed by atoms with van der Waals surface area (Å²) in [5.74, 6) is -0.147. The molecule has 0 saturated heterocycles. The molecule has 27 heavy (non-hydrogen) atoms. The fourth-order valence-electron chi connectivity index (χ4n) is 2.63. The van der Waals surface area contributed by atoms with Gasteiger partial charge in [-0.1, -0.05) is 35.0 Å². The van der Waals surface area contributed by atoms with Crippen LogP contribution in [0.5, 0.6) is 0 Å². The summed E-state index contributed by atoms with van der Waals surface area (Å²) in [6.07, 6.45) is 0.871. The van der Waals surface area contributed by atoms with E-state index in [1.807, 2.05) is 44.2 Å². The van der Waals surface area contributed by atoms with Gasteiger partial charge in [0.15, 0.2) is 5.76 Å². The van der Waals surface area contributed by atoms with Crippen LogP contribution in [-0.4, -0.2) is 17.9 Å². The monoisotopic (exact) mass is 428 g/mol. The van der Waals surface area contributed by atoms with Crippen LogP contribution in [-0.2, 0) is 6.54 Å². The number of halogens is 1. The maximum absolute atomic E-state index is 12.4. The molecule has 3 aromatic rings. The summed E-state index contributed by atoms with van der Waals surface area (Å²) < 4.78 is 6.52. The molecule has 6 heteroatoms. The highest BCUT2D eigenvalue weighted by Crippen LogP contribution is 2.23. The number of carbonyl (C=O) groups excluding carboxylic acids is 2. The van der Waals surface area contributed by atoms with E-state index in [1.165, 1.54) is 0 Å². The molecule has 2 amide bonds. The van der Waals surface area contributed by atoms with E-state index in [9.17, 15) is 9.59 Å². The quantitative estimate of drug-likeness (QED) is 0.599. The van der Waals surface area contributed by atoms with Crippen LogP contribution < -0.4 is 10.6 Å². The highest BCUT2D eigenvalue weighted by Gasteiger charge is 2.13. The lowest BCUT2D eigenvalue weighted by Gasteiger charge is -2.12. The van der Waals surface area contributed by atoms with E-state index in [0.717, 1.165) is 21.8 Å². The molecule has 2 N–H and O–H groups in total. The number of fused-ring (bicyclic) bond motifs is 1. The first-order chi connectivity index (χ1) is 13.0. The Hall–Kier alpha value is -2.60. The standard InChI is InChI=1S/C21H21BrN2O3/c1-3-13(2)24-20(25)15-6-4-5-14(9-15)12-23-21(26)19-11-16-10-17(22)7-8-18(16)27-19/h4-11,13H,3,12H2,1-2H3,(H,23,26)(H,24,25). The van der Waals surface area contributed by atoms with Gasteiger partial charge in [0.1, 0.15) is 5.58 Å². The van der Waals surface area contributed by atoms with Crippen molar-refractivity contribution >= 4 is 38.7 Å². The molecular formula is C21H21BrN2O3. The predicted molar refractivity (Wildman–Crippen MR) is 109 cm³/mol. The van der Waals surface area contributed by atoms with Gasteiger partial charge in [-0.3, -0.25) is 9.59 Å². The zero-order chi connectivity index (χ0) is 19.4. The largest absolute Gasteiger partial charge is 0.451 e. The molecule has 0 aliphatic rings. The molecule has 140 valence electrons. The van der Waals surface area contributed by atoms with Crippen molar-refractivity contribution in [1.29, 1.82) is 0 Å². The van der Waals surface area contributed by atoms with Crippen LogP contribution in [0.25, 0.3) is 11.0 Å². The third kappa shape index (κ3) is 4.77. The summed E-state index contributed by atoms with van der Waals surface area (Å²) in [4.78, 5) is 24.6. The lowest BCUT2D eigenvalue weighted by molar-refractivity contribution is 0.0923. The van der Waals surface area contributed by atoms with Crippen LogP contribution in [0.2, 0.25) is 0 Å². The molecule has 3 rings (SSSR count). The van der Waals surface area contributed by atoms with Gasteiger partial charge in [-0.2, -0.15) is 0 Å². The summed E-state index contributed by atoms with van der Waals surface area (Å²) in [6, 6.07) is 14.6. The SMILES string of the molecule is CCC(C)NC(=O)c1cccc(CNC(=O)c2cc3cc(Br)ccc3o2)c1. The maximum atomic E-state index is 12.4. The molecule has 0 aliphatic carbocycles. The van der Waals surface area contributed by atoms with Crippen LogP contribution in [0.15, 0.2) is 57.4 Å². The van der Waals surface area contributed by atoms with Crippen molar-refractivity contribution < 1.29 is 14.0 Å². The second-order valence-corrected chi connectivity index (χ2v) is 7.37. The predicted octanol–water partition coefficient (Wildman–Crippen LogP) is 4.65. The third-order valence-electron chi connectivity index (χ3n) is 4.33. The van der Waals surface area contributed by atoms with E-state index in [-0.39, 0.29) is 23.6 Å². The Morgan fingerprint density at radius 3 is 2.70 bits per heavy atom. The van der Waals surface area contributed by atoms with E-state index in [1.54, 1.807) is 18.2 Å². The Balaban J connectivity index is 1.66. The number of amides is 2. The second kappa shape index (κ2) is 8.39. The summed E-state index contributed by atoms with van der Waals surface area (Å²) in [5, 5.41) is 6.63. The van der Waals surface area contributed by atoms with Crippen molar-refractivity contribution in [2.75, 3.05) is 0 Å². The highest BCUT2D eigenvalue weighted by molar-refractivity contribution is 9.10. The van der Waals surface area contributed by atoms with Crippen molar-refractivity contribution in [1.82, 2.24) is 10.6 Å². The Morgan fingerprint density at radius 2 is 1.93 bits per heavy atom. The van der Waals surface area contributed by atoms with Crippen LogP contribution >= 0.6 is 15.9 Å². The number of carbonyl (C=O) groups is 2. The topological polar surface area (TPSA) is 71.3 Å². The van der Waals surface area contributed by atoms with E-state index >= 15 is 0 Å². The van der Waals surface area contributed by atoms with Crippen LogP contribution in [0, 0.1) is 0 Å². The maximum Gasteiger partial charge on any atom is 0.287 e. The molecular weight excluding hydrogens is 408 g/mol. The molecule has 0 spiro atoms. The first kappa shape index (κ1) is 19.2. The van der Waals surface area contributed by atoms with Gasteiger partial charge >= 0.3 is 0 Å². The first-order valence-electron chi connectivity index (χ1n) is 8.83. The highest BCUT2D eigenvalue weighted by atomic mass is 79.9. The molecule has 1 atom stereocenters. The van der Waals surface area contributed by atoms with Crippen molar-refractivity contribution in [3.8, 4) is 0 Å². The Labute approximate surface area is 166 Å².